The molecule has 0 saturated heterocycles. The van der Waals surface area contributed by atoms with Crippen molar-refractivity contribution in [3.63, 3.8) is 0 Å². The molecule has 0 unspecified atom stereocenters. The van der Waals surface area contributed by atoms with Gasteiger partial charge in [0.15, 0.2) is 28.8 Å². The van der Waals surface area contributed by atoms with Gasteiger partial charge in [-0.3, -0.25) is 9.59 Å². The Labute approximate surface area is 221 Å². The van der Waals surface area contributed by atoms with E-state index in [9.17, 15) is 9.59 Å². The minimum atomic E-state index is -0.231. The van der Waals surface area contributed by atoms with E-state index in [1.54, 1.807) is 36.6 Å². The molecule has 2 aromatic heterocycles. The molecule has 0 aliphatic rings. The number of ether oxygens (including phenoxy) is 3. The van der Waals surface area contributed by atoms with Crippen molar-refractivity contribution in [1.82, 2.24) is 4.98 Å². The quantitative estimate of drug-likeness (QED) is 0.206. The monoisotopic (exact) mass is 517 g/mol. The van der Waals surface area contributed by atoms with Gasteiger partial charge in [0.2, 0.25) is 0 Å². The zero-order valence-corrected chi connectivity index (χ0v) is 22.8. The van der Waals surface area contributed by atoms with Crippen molar-refractivity contribution in [2.75, 3.05) is 21.3 Å². The third-order valence-electron chi connectivity index (χ3n) is 6.45. The Morgan fingerprint density at radius 3 is 2.32 bits per heavy atom. The molecule has 2 heterocycles. The Morgan fingerprint density at radius 1 is 0.919 bits per heavy atom. The Bertz CT molecular complexity index is 1470. The average Bonchev–Trinajstić information content (AvgIpc) is 3.35. The van der Waals surface area contributed by atoms with Crippen LogP contribution in [0.25, 0.3) is 21.3 Å². The van der Waals surface area contributed by atoms with Crippen LogP contribution in [0, 0.1) is 6.92 Å². The fourth-order valence-corrected chi connectivity index (χ4v) is 5.47. The van der Waals surface area contributed by atoms with Crippen LogP contribution >= 0.6 is 11.3 Å². The number of Topliss-reactive ketones (excluding diaryl/α,β-unsaturated/α-hetero) is 2. The predicted octanol–water partition coefficient (Wildman–Crippen LogP) is 7.27. The topological polar surface area (TPSA) is 74.7 Å². The van der Waals surface area contributed by atoms with E-state index < -0.39 is 0 Å². The number of fused-ring (bicyclic) bond motifs is 1. The minimum absolute atomic E-state index is 0.0149. The Kier molecular flexibility index (Phi) is 7.93. The molecule has 2 aromatic carbocycles. The van der Waals surface area contributed by atoms with Crippen molar-refractivity contribution in [3.8, 4) is 28.5 Å². The van der Waals surface area contributed by atoms with Crippen LogP contribution in [0.5, 0.6) is 17.2 Å². The van der Waals surface area contributed by atoms with Gasteiger partial charge in [-0.2, -0.15) is 0 Å². The Balaban J connectivity index is 1.67. The molecule has 37 heavy (non-hydrogen) atoms. The van der Waals surface area contributed by atoms with Gasteiger partial charge in [0, 0.05) is 45.0 Å². The zero-order chi connectivity index (χ0) is 26.7. The molecular formula is C30H31NO5S. The summed E-state index contributed by atoms with van der Waals surface area (Å²) in [4.78, 5) is 31.2. The van der Waals surface area contributed by atoms with Crippen LogP contribution in [-0.2, 0) is 0 Å². The van der Waals surface area contributed by atoms with E-state index in [0.717, 1.165) is 22.2 Å². The zero-order valence-electron chi connectivity index (χ0n) is 22.0. The fraction of sp³-hybridized carbons (Fsp3) is 0.300. The van der Waals surface area contributed by atoms with Crippen LogP contribution in [0.15, 0.2) is 47.8 Å². The number of aromatic nitrogens is 1. The summed E-state index contributed by atoms with van der Waals surface area (Å²) in [5, 5.41) is 3.20. The Hall–Kier alpha value is -3.71. The maximum atomic E-state index is 13.5. The third kappa shape index (κ3) is 5.23. The van der Waals surface area contributed by atoms with Gasteiger partial charge in [0.1, 0.15) is 5.69 Å². The van der Waals surface area contributed by atoms with E-state index in [4.69, 9.17) is 19.2 Å². The molecule has 0 aliphatic carbocycles. The lowest BCUT2D eigenvalue weighted by atomic mass is 9.96. The third-order valence-corrected chi connectivity index (χ3v) is 7.58. The number of methoxy groups -OCH3 is 3. The Morgan fingerprint density at radius 2 is 1.65 bits per heavy atom. The summed E-state index contributed by atoms with van der Waals surface area (Å²) in [7, 11) is 4.61. The lowest BCUT2D eigenvalue weighted by Gasteiger charge is -2.17. The minimum Gasteiger partial charge on any atom is -0.494 e. The van der Waals surface area contributed by atoms with E-state index in [2.05, 4.69) is 38.3 Å². The van der Waals surface area contributed by atoms with Crippen LogP contribution in [-0.4, -0.2) is 37.9 Å². The molecule has 4 aromatic rings. The molecule has 7 heteroatoms. The van der Waals surface area contributed by atoms with Crippen molar-refractivity contribution in [2.45, 2.75) is 39.5 Å². The first-order valence-corrected chi connectivity index (χ1v) is 13.0. The van der Waals surface area contributed by atoms with Crippen LogP contribution < -0.4 is 14.2 Å². The maximum Gasteiger partial charge on any atom is 0.185 e. The highest BCUT2D eigenvalue weighted by molar-refractivity contribution is 7.18. The number of nitrogens with zero attached hydrogens (tertiary/aromatic N) is 1. The van der Waals surface area contributed by atoms with E-state index in [1.165, 1.54) is 24.5 Å². The summed E-state index contributed by atoms with van der Waals surface area (Å²) >= 11 is 1.67. The van der Waals surface area contributed by atoms with Crippen LogP contribution in [0.4, 0.5) is 0 Å². The number of rotatable bonds is 10. The molecule has 192 valence electrons. The van der Waals surface area contributed by atoms with Gasteiger partial charge < -0.3 is 14.2 Å². The van der Waals surface area contributed by atoms with Gasteiger partial charge >= 0.3 is 0 Å². The summed E-state index contributed by atoms with van der Waals surface area (Å²) in [5.41, 5.74) is 4.56. The normalized spacial score (nSPS) is 11.1. The SMILES string of the molecule is COc1ccc(C(=O)CCC(=O)c2nc(-c3csc4c(C)cccc34)cc(C(C)C)c2OC)cc1OC. The molecule has 0 bridgehead atoms. The van der Waals surface area contributed by atoms with Gasteiger partial charge in [0.05, 0.1) is 27.0 Å². The highest BCUT2D eigenvalue weighted by Crippen LogP contribution is 2.39. The second-order valence-electron chi connectivity index (χ2n) is 9.15. The fourth-order valence-electron chi connectivity index (χ4n) is 4.42. The maximum absolute atomic E-state index is 13.5. The number of benzene rings is 2. The second-order valence-corrected chi connectivity index (χ2v) is 10.0. The molecule has 0 radical (unpaired) electrons. The molecular weight excluding hydrogens is 486 g/mol. The number of hydrogen-bond donors (Lipinski definition) is 0. The van der Waals surface area contributed by atoms with E-state index in [1.807, 2.05) is 12.1 Å². The van der Waals surface area contributed by atoms with Crippen LogP contribution in [0.2, 0.25) is 0 Å². The highest BCUT2D eigenvalue weighted by Gasteiger charge is 2.24. The summed E-state index contributed by atoms with van der Waals surface area (Å²) in [6.45, 7) is 6.21. The van der Waals surface area contributed by atoms with E-state index >= 15 is 0 Å². The standard InChI is InChI=1S/C30H31NO5S/c1-17(2)21-15-23(22-16-37-30-18(3)8-7-9-20(22)30)31-28(29(21)36-6)25(33)12-11-24(32)19-10-13-26(34-4)27(14-19)35-5/h7-10,13-17H,11-12H2,1-6H3. The lowest BCUT2D eigenvalue weighted by molar-refractivity contribution is 0.0913. The highest BCUT2D eigenvalue weighted by atomic mass is 32.1. The molecule has 0 fully saturated rings. The molecule has 0 N–H and O–H groups in total. The van der Waals surface area contributed by atoms with Crippen molar-refractivity contribution < 1.29 is 23.8 Å². The first kappa shape index (κ1) is 26.4. The molecule has 0 spiro atoms. The van der Waals surface area contributed by atoms with Gasteiger partial charge in [-0.15, -0.1) is 11.3 Å². The van der Waals surface area contributed by atoms with Crippen molar-refractivity contribution in [1.29, 1.82) is 0 Å². The van der Waals surface area contributed by atoms with E-state index in [-0.39, 0.29) is 36.0 Å². The van der Waals surface area contributed by atoms with Gasteiger partial charge in [0.25, 0.3) is 0 Å². The summed E-state index contributed by atoms with van der Waals surface area (Å²) in [5.74, 6) is 1.20. The van der Waals surface area contributed by atoms with Gasteiger partial charge in [-0.1, -0.05) is 32.0 Å². The van der Waals surface area contributed by atoms with E-state index in [0.29, 0.717) is 22.8 Å². The second kappa shape index (κ2) is 11.1. The number of aryl methyl sites for hydroxylation is 1. The summed E-state index contributed by atoms with van der Waals surface area (Å²) < 4.78 is 17.4. The lowest BCUT2D eigenvalue weighted by Crippen LogP contribution is -2.11. The number of carbonyl (C=O) groups is 2. The largest absolute Gasteiger partial charge is 0.494 e. The summed E-state index contributed by atoms with van der Waals surface area (Å²) in [6.07, 6.45) is 0.0575. The van der Waals surface area contributed by atoms with Gasteiger partial charge in [-0.05, 0) is 42.7 Å². The summed E-state index contributed by atoms with van der Waals surface area (Å²) in [6, 6.07) is 13.2. The number of hydrogen-bond acceptors (Lipinski definition) is 7. The van der Waals surface area contributed by atoms with Crippen molar-refractivity contribution >= 4 is 33.0 Å². The number of carbonyl (C=O) groups excluding carboxylic acids is 2. The molecule has 4 rings (SSSR count). The van der Waals surface area contributed by atoms with Crippen LogP contribution in [0.3, 0.4) is 0 Å². The van der Waals surface area contributed by atoms with Gasteiger partial charge in [-0.25, -0.2) is 4.98 Å². The van der Waals surface area contributed by atoms with Crippen LogP contribution in [0.1, 0.15) is 64.6 Å². The number of pyridine rings is 1. The molecule has 0 saturated carbocycles. The average molecular weight is 518 g/mol. The number of ketones is 2. The molecule has 0 aliphatic heterocycles. The molecule has 6 nitrogen and oxygen atoms in total. The molecule has 0 amide bonds. The van der Waals surface area contributed by atoms with Crippen molar-refractivity contribution in [3.05, 3.63) is 70.2 Å². The molecule has 0 atom stereocenters. The first-order chi connectivity index (χ1) is 17.8. The smallest absolute Gasteiger partial charge is 0.185 e. The first-order valence-electron chi connectivity index (χ1n) is 12.1. The predicted molar refractivity (Wildman–Crippen MR) is 148 cm³/mol. The number of thiophene rings is 1. The van der Waals surface area contributed by atoms with Crippen molar-refractivity contribution in [2.24, 2.45) is 0 Å².